The predicted molar refractivity (Wildman–Crippen MR) is 99.4 cm³/mol. The largest absolute Gasteiger partial charge is 0.497 e. The van der Waals surface area contributed by atoms with E-state index < -0.39 is 0 Å². The third-order valence-corrected chi connectivity index (χ3v) is 4.28. The number of rotatable bonds is 6. The fourth-order valence-electron chi connectivity index (χ4n) is 2.17. The molecule has 0 saturated carbocycles. The number of nitrogens with zero attached hydrogens (tertiary/aromatic N) is 1. The number of carbonyl (C=O) groups excluding carboxylic acids is 2. The van der Waals surface area contributed by atoms with E-state index in [-0.39, 0.29) is 24.8 Å². The van der Waals surface area contributed by atoms with Crippen molar-refractivity contribution in [1.82, 2.24) is 4.90 Å². The van der Waals surface area contributed by atoms with Crippen molar-refractivity contribution in [1.29, 1.82) is 0 Å². The van der Waals surface area contributed by atoms with E-state index in [2.05, 4.69) is 5.32 Å². The van der Waals surface area contributed by atoms with Gasteiger partial charge in [0.2, 0.25) is 11.8 Å². The molecule has 0 aliphatic carbocycles. The summed E-state index contributed by atoms with van der Waals surface area (Å²) in [6.45, 7) is -0.0765. The Morgan fingerprint density at radius 1 is 1.08 bits per heavy atom. The highest BCUT2D eigenvalue weighted by Crippen LogP contribution is 2.25. The van der Waals surface area contributed by atoms with Crippen LogP contribution in [0.5, 0.6) is 5.75 Å². The highest BCUT2D eigenvalue weighted by Gasteiger charge is 2.16. The van der Waals surface area contributed by atoms with Gasteiger partial charge in [0.15, 0.2) is 0 Å². The molecular formula is C18H18Cl2N2O3. The van der Waals surface area contributed by atoms with Gasteiger partial charge >= 0.3 is 0 Å². The van der Waals surface area contributed by atoms with E-state index in [1.54, 1.807) is 56.6 Å². The van der Waals surface area contributed by atoms with Crippen LogP contribution in [0.4, 0.5) is 5.69 Å². The zero-order valence-corrected chi connectivity index (χ0v) is 15.4. The van der Waals surface area contributed by atoms with Crippen LogP contribution in [0.1, 0.15) is 5.56 Å². The van der Waals surface area contributed by atoms with Crippen molar-refractivity contribution in [3.8, 4) is 5.75 Å². The highest BCUT2D eigenvalue weighted by atomic mass is 35.5. The molecule has 7 heteroatoms. The lowest BCUT2D eigenvalue weighted by atomic mass is 10.1. The first-order chi connectivity index (χ1) is 11.9. The maximum absolute atomic E-state index is 12.3. The molecule has 0 bridgehead atoms. The minimum Gasteiger partial charge on any atom is -0.497 e. The van der Waals surface area contributed by atoms with Crippen LogP contribution in [0.3, 0.4) is 0 Å². The van der Waals surface area contributed by atoms with E-state index in [4.69, 9.17) is 27.9 Å². The van der Waals surface area contributed by atoms with Gasteiger partial charge in [-0.25, -0.2) is 0 Å². The average molecular weight is 381 g/mol. The van der Waals surface area contributed by atoms with Crippen LogP contribution in [0.2, 0.25) is 10.0 Å². The molecule has 0 aliphatic rings. The van der Waals surface area contributed by atoms with E-state index in [1.807, 2.05) is 0 Å². The van der Waals surface area contributed by atoms with Crippen molar-refractivity contribution < 1.29 is 14.3 Å². The molecule has 25 heavy (non-hydrogen) atoms. The second kappa shape index (κ2) is 8.74. The summed E-state index contributed by atoms with van der Waals surface area (Å²) in [6, 6.07) is 12.0. The zero-order valence-electron chi connectivity index (χ0n) is 13.9. The fraction of sp³-hybridized carbons (Fsp3) is 0.222. The quantitative estimate of drug-likeness (QED) is 0.831. The number of amides is 2. The Kier molecular flexibility index (Phi) is 6.67. The third-order valence-electron chi connectivity index (χ3n) is 3.57. The van der Waals surface area contributed by atoms with Gasteiger partial charge in [0, 0.05) is 22.8 Å². The Morgan fingerprint density at radius 3 is 2.24 bits per heavy atom. The first kappa shape index (κ1) is 19.1. The third kappa shape index (κ3) is 5.37. The number of benzene rings is 2. The first-order valence-corrected chi connectivity index (χ1v) is 8.27. The van der Waals surface area contributed by atoms with Crippen molar-refractivity contribution >= 4 is 40.7 Å². The SMILES string of the molecule is COc1ccc(NC(=O)CN(C)C(=O)Cc2c(Cl)cccc2Cl)cc1. The lowest BCUT2D eigenvalue weighted by Gasteiger charge is -2.17. The normalized spacial score (nSPS) is 10.2. The second-order valence-electron chi connectivity index (χ2n) is 5.40. The van der Waals surface area contributed by atoms with Crippen LogP contribution in [0.15, 0.2) is 42.5 Å². The minimum atomic E-state index is -0.300. The molecule has 0 unspecified atom stereocenters. The summed E-state index contributed by atoms with van der Waals surface area (Å²) in [5, 5.41) is 3.58. The van der Waals surface area contributed by atoms with E-state index in [1.165, 1.54) is 4.90 Å². The van der Waals surface area contributed by atoms with Gasteiger partial charge in [0.1, 0.15) is 5.75 Å². The smallest absolute Gasteiger partial charge is 0.243 e. The monoisotopic (exact) mass is 380 g/mol. The summed E-state index contributed by atoms with van der Waals surface area (Å²) in [4.78, 5) is 25.7. The molecule has 0 saturated heterocycles. The topological polar surface area (TPSA) is 58.6 Å². The summed E-state index contributed by atoms with van der Waals surface area (Å²) >= 11 is 12.1. The summed E-state index contributed by atoms with van der Waals surface area (Å²) < 4.78 is 5.06. The van der Waals surface area contributed by atoms with Gasteiger partial charge in [-0.15, -0.1) is 0 Å². The summed E-state index contributed by atoms with van der Waals surface area (Å²) in [7, 11) is 3.13. The number of nitrogens with one attached hydrogen (secondary N) is 1. The van der Waals surface area contributed by atoms with Gasteiger partial charge < -0.3 is 15.0 Å². The summed E-state index contributed by atoms with van der Waals surface area (Å²) in [6.07, 6.45) is 0.0326. The number of hydrogen-bond acceptors (Lipinski definition) is 3. The van der Waals surface area contributed by atoms with Crippen molar-refractivity contribution in [2.24, 2.45) is 0 Å². The Labute approximate surface area is 156 Å². The maximum Gasteiger partial charge on any atom is 0.243 e. The van der Waals surface area contributed by atoms with E-state index in [0.717, 1.165) is 0 Å². The fourth-order valence-corrected chi connectivity index (χ4v) is 2.70. The molecular weight excluding hydrogens is 363 g/mol. The molecule has 0 atom stereocenters. The Hall–Kier alpha value is -2.24. The average Bonchev–Trinajstić information content (AvgIpc) is 2.58. The van der Waals surface area contributed by atoms with Gasteiger partial charge in [0.05, 0.1) is 20.1 Å². The molecule has 0 fully saturated rings. The second-order valence-corrected chi connectivity index (χ2v) is 6.22. The Morgan fingerprint density at radius 2 is 1.68 bits per heavy atom. The molecule has 5 nitrogen and oxygen atoms in total. The van der Waals surface area contributed by atoms with Gasteiger partial charge in [-0.3, -0.25) is 9.59 Å². The number of halogens is 2. The maximum atomic E-state index is 12.3. The van der Waals surface area contributed by atoms with Gasteiger partial charge in [-0.2, -0.15) is 0 Å². The molecule has 2 rings (SSSR count). The van der Waals surface area contributed by atoms with Gasteiger partial charge in [-0.05, 0) is 42.0 Å². The van der Waals surface area contributed by atoms with Crippen molar-refractivity contribution in [2.45, 2.75) is 6.42 Å². The van der Waals surface area contributed by atoms with Crippen molar-refractivity contribution in [3.63, 3.8) is 0 Å². The molecule has 0 aromatic heterocycles. The molecule has 0 spiro atoms. The standard InChI is InChI=1S/C18H18Cl2N2O3/c1-22(18(24)10-14-15(19)4-3-5-16(14)20)11-17(23)21-12-6-8-13(25-2)9-7-12/h3-9H,10-11H2,1-2H3,(H,21,23). The lowest BCUT2D eigenvalue weighted by molar-refractivity contribution is -0.132. The Balaban J connectivity index is 1.92. The van der Waals surface area contributed by atoms with Crippen LogP contribution in [0.25, 0.3) is 0 Å². The molecule has 2 aromatic carbocycles. The number of methoxy groups -OCH3 is 1. The van der Waals surface area contributed by atoms with Crippen LogP contribution in [-0.4, -0.2) is 37.4 Å². The molecule has 0 radical (unpaired) electrons. The van der Waals surface area contributed by atoms with Gasteiger partial charge in [0.25, 0.3) is 0 Å². The number of likely N-dealkylation sites (N-methyl/N-ethyl adjacent to an activating group) is 1. The van der Waals surface area contributed by atoms with Crippen LogP contribution < -0.4 is 10.1 Å². The van der Waals surface area contributed by atoms with E-state index >= 15 is 0 Å². The molecule has 1 N–H and O–H groups in total. The molecule has 2 aromatic rings. The van der Waals surface area contributed by atoms with E-state index in [0.29, 0.717) is 27.0 Å². The number of ether oxygens (including phenoxy) is 1. The summed E-state index contributed by atoms with van der Waals surface area (Å²) in [5.74, 6) is 0.146. The predicted octanol–water partition coefficient (Wildman–Crippen LogP) is 3.64. The molecule has 0 aliphatic heterocycles. The van der Waals surface area contributed by atoms with Crippen molar-refractivity contribution in [2.75, 3.05) is 26.0 Å². The van der Waals surface area contributed by atoms with E-state index in [9.17, 15) is 9.59 Å². The van der Waals surface area contributed by atoms with Crippen molar-refractivity contribution in [3.05, 3.63) is 58.1 Å². The number of anilines is 1. The lowest BCUT2D eigenvalue weighted by Crippen LogP contribution is -2.35. The Bertz CT molecular complexity index is 743. The first-order valence-electron chi connectivity index (χ1n) is 7.51. The zero-order chi connectivity index (χ0) is 18.4. The summed E-state index contributed by atoms with van der Waals surface area (Å²) in [5.41, 5.74) is 1.18. The minimum absolute atomic E-state index is 0.0326. The number of carbonyl (C=O) groups is 2. The molecule has 132 valence electrons. The molecule has 2 amide bonds. The van der Waals surface area contributed by atoms with Crippen LogP contribution >= 0.6 is 23.2 Å². The highest BCUT2D eigenvalue weighted by molar-refractivity contribution is 6.36. The molecule has 0 heterocycles. The number of hydrogen-bond donors (Lipinski definition) is 1. The van der Waals surface area contributed by atoms with Gasteiger partial charge in [-0.1, -0.05) is 29.3 Å². The van der Waals surface area contributed by atoms with Crippen LogP contribution in [0, 0.1) is 0 Å². The van der Waals surface area contributed by atoms with Crippen LogP contribution in [-0.2, 0) is 16.0 Å².